The first-order chi connectivity index (χ1) is 15.1. The average molecular weight is 496 g/mol. The molecule has 0 saturated carbocycles. The molecule has 1 amide bonds. The molecule has 1 aromatic heterocycles. The van der Waals surface area contributed by atoms with Gasteiger partial charge in [0.05, 0.1) is 27.2 Å². The Hall–Kier alpha value is -2.46. The summed E-state index contributed by atoms with van der Waals surface area (Å²) in [6.45, 7) is 0.329. The normalized spacial score (nSPS) is 12.6. The van der Waals surface area contributed by atoms with Gasteiger partial charge >= 0.3 is 0 Å². The molecule has 6 nitrogen and oxygen atoms in total. The summed E-state index contributed by atoms with van der Waals surface area (Å²) in [6, 6.07) is 13.0. The lowest BCUT2D eigenvalue weighted by atomic mass is 10.2. The first-order valence-corrected chi connectivity index (χ1v) is 12.3. The highest BCUT2D eigenvalue weighted by Gasteiger charge is 2.24. The number of nitrogens with zero attached hydrogens (tertiary/aromatic N) is 2. The van der Waals surface area contributed by atoms with E-state index in [2.05, 4.69) is 5.32 Å². The monoisotopic (exact) mass is 495 g/mol. The van der Waals surface area contributed by atoms with Gasteiger partial charge in [-0.25, -0.2) is 12.8 Å². The van der Waals surface area contributed by atoms with Gasteiger partial charge in [0.1, 0.15) is 5.82 Å². The Morgan fingerprint density at radius 2 is 1.81 bits per heavy atom. The number of thiophene rings is 1. The van der Waals surface area contributed by atoms with Crippen LogP contribution < -0.4 is 9.62 Å². The number of likely N-dealkylation sites (N-methyl/N-ethyl adjacent to an activating group) is 1. The molecule has 32 heavy (non-hydrogen) atoms. The van der Waals surface area contributed by atoms with E-state index >= 15 is 0 Å². The SMILES string of the molecule is CN(C)[C@@H](CNC(=O)c1cc(S(=O)(=O)N(C)c2ccc(F)cc2)ccc1Cl)c1cccs1. The number of anilines is 1. The molecule has 3 rings (SSSR count). The molecule has 1 heterocycles. The van der Waals surface area contributed by atoms with Gasteiger partial charge in [0.2, 0.25) is 0 Å². The number of nitrogens with one attached hydrogen (secondary N) is 1. The van der Waals surface area contributed by atoms with E-state index in [9.17, 15) is 17.6 Å². The van der Waals surface area contributed by atoms with Crippen LogP contribution in [0.3, 0.4) is 0 Å². The molecular formula is C22H23ClFN3O3S2. The van der Waals surface area contributed by atoms with Crippen LogP contribution in [0.2, 0.25) is 5.02 Å². The Morgan fingerprint density at radius 1 is 1.12 bits per heavy atom. The molecule has 0 aliphatic heterocycles. The molecule has 1 atom stereocenters. The largest absolute Gasteiger partial charge is 0.350 e. The maximum Gasteiger partial charge on any atom is 0.264 e. The lowest BCUT2D eigenvalue weighted by molar-refractivity contribution is 0.0942. The number of sulfonamides is 1. The fraction of sp³-hybridized carbons (Fsp3) is 0.227. The van der Waals surface area contributed by atoms with E-state index in [4.69, 9.17) is 11.6 Å². The molecule has 0 radical (unpaired) electrons. The maximum atomic E-state index is 13.2. The first-order valence-electron chi connectivity index (χ1n) is 9.63. The van der Waals surface area contributed by atoms with Crippen LogP contribution in [-0.2, 0) is 10.0 Å². The van der Waals surface area contributed by atoms with Crippen molar-refractivity contribution >= 4 is 44.6 Å². The van der Waals surface area contributed by atoms with Crippen LogP contribution in [-0.4, -0.2) is 46.9 Å². The minimum absolute atomic E-state index is 0.0331. The predicted molar refractivity (Wildman–Crippen MR) is 127 cm³/mol. The molecule has 0 aliphatic rings. The number of rotatable bonds is 8. The Kier molecular flexibility index (Phi) is 7.55. The van der Waals surface area contributed by atoms with Crippen molar-refractivity contribution in [2.45, 2.75) is 10.9 Å². The van der Waals surface area contributed by atoms with Gasteiger partial charge < -0.3 is 10.2 Å². The maximum absolute atomic E-state index is 13.2. The second-order valence-corrected chi connectivity index (χ2v) is 10.7. The van der Waals surface area contributed by atoms with Crippen molar-refractivity contribution in [1.82, 2.24) is 10.2 Å². The number of halogens is 2. The molecule has 0 unspecified atom stereocenters. The van der Waals surface area contributed by atoms with Crippen molar-refractivity contribution in [3.05, 3.63) is 81.3 Å². The summed E-state index contributed by atoms with van der Waals surface area (Å²) in [5.74, 6) is -0.941. The number of carbonyl (C=O) groups excluding carboxylic acids is 1. The fourth-order valence-corrected chi connectivity index (χ4v) is 5.44. The molecule has 0 aliphatic carbocycles. The highest BCUT2D eigenvalue weighted by molar-refractivity contribution is 7.92. The molecule has 0 spiro atoms. The first kappa shape index (κ1) is 24.2. The number of carbonyl (C=O) groups is 1. The second kappa shape index (κ2) is 9.99. The average Bonchev–Trinajstić information content (AvgIpc) is 3.28. The molecule has 0 fully saturated rings. The van der Waals surface area contributed by atoms with E-state index in [0.717, 1.165) is 9.18 Å². The van der Waals surface area contributed by atoms with E-state index in [1.807, 2.05) is 36.5 Å². The molecule has 0 saturated heterocycles. The minimum atomic E-state index is -3.99. The quantitative estimate of drug-likeness (QED) is 0.503. The number of benzene rings is 2. The van der Waals surface area contributed by atoms with Crippen LogP contribution in [0.1, 0.15) is 21.3 Å². The summed E-state index contributed by atoms with van der Waals surface area (Å²) in [5, 5.41) is 4.96. The number of hydrogen-bond donors (Lipinski definition) is 1. The van der Waals surface area contributed by atoms with Gasteiger partial charge in [-0.05, 0) is 68.0 Å². The Labute approximate surface area is 196 Å². The summed E-state index contributed by atoms with van der Waals surface area (Å²) in [6.07, 6.45) is 0. The summed E-state index contributed by atoms with van der Waals surface area (Å²) in [4.78, 5) is 15.9. The smallest absolute Gasteiger partial charge is 0.264 e. The van der Waals surface area contributed by atoms with Gasteiger partial charge in [-0.3, -0.25) is 9.10 Å². The molecule has 10 heteroatoms. The lowest BCUT2D eigenvalue weighted by Crippen LogP contribution is -2.34. The van der Waals surface area contributed by atoms with Crippen LogP contribution >= 0.6 is 22.9 Å². The van der Waals surface area contributed by atoms with Crippen molar-refractivity contribution in [3.8, 4) is 0 Å². The zero-order chi connectivity index (χ0) is 23.5. The minimum Gasteiger partial charge on any atom is -0.350 e. The van der Waals surface area contributed by atoms with Gasteiger partial charge in [-0.15, -0.1) is 11.3 Å². The van der Waals surface area contributed by atoms with E-state index in [-0.39, 0.29) is 27.2 Å². The summed E-state index contributed by atoms with van der Waals surface area (Å²) < 4.78 is 40.4. The zero-order valence-electron chi connectivity index (χ0n) is 17.7. The number of hydrogen-bond acceptors (Lipinski definition) is 5. The third-order valence-electron chi connectivity index (χ3n) is 4.98. The van der Waals surface area contributed by atoms with Gasteiger partial charge in [0.15, 0.2) is 0 Å². The third kappa shape index (κ3) is 5.29. The zero-order valence-corrected chi connectivity index (χ0v) is 20.1. The summed E-state index contributed by atoms with van der Waals surface area (Å²) in [5.41, 5.74) is 0.348. The van der Waals surface area contributed by atoms with Crippen LogP contribution in [0, 0.1) is 5.82 Å². The van der Waals surface area contributed by atoms with Crippen LogP contribution in [0.15, 0.2) is 64.9 Å². The fourth-order valence-electron chi connectivity index (χ4n) is 3.09. The topological polar surface area (TPSA) is 69.7 Å². The predicted octanol–water partition coefficient (Wildman–Crippen LogP) is 4.40. The lowest BCUT2D eigenvalue weighted by Gasteiger charge is -2.24. The van der Waals surface area contributed by atoms with Crippen LogP contribution in [0.4, 0.5) is 10.1 Å². The van der Waals surface area contributed by atoms with E-state index in [1.165, 1.54) is 49.5 Å². The Balaban J connectivity index is 1.83. The van der Waals surface area contributed by atoms with Crippen molar-refractivity contribution in [3.63, 3.8) is 0 Å². The van der Waals surface area contributed by atoms with E-state index < -0.39 is 21.7 Å². The molecule has 3 aromatic rings. The van der Waals surface area contributed by atoms with Crippen LogP contribution in [0.25, 0.3) is 0 Å². The molecule has 0 bridgehead atoms. The van der Waals surface area contributed by atoms with Gasteiger partial charge in [0, 0.05) is 18.5 Å². The Morgan fingerprint density at radius 3 is 2.41 bits per heavy atom. The highest BCUT2D eigenvalue weighted by atomic mass is 35.5. The van der Waals surface area contributed by atoms with Crippen molar-refractivity contribution < 1.29 is 17.6 Å². The molecule has 170 valence electrons. The summed E-state index contributed by atoms with van der Waals surface area (Å²) in [7, 11) is 1.21. The standard InChI is InChI=1S/C22H23ClFN3O3S2/c1-26(2)20(21-5-4-12-31-21)14-25-22(28)18-13-17(10-11-19(18)23)32(29,30)27(3)16-8-6-15(24)7-9-16/h4-13,20H,14H2,1-3H3,(H,25,28)/t20-/m0/s1. The van der Waals surface area contributed by atoms with Gasteiger partial charge in [0.25, 0.3) is 15.9 Å². The van der Waals surface area contributed by atoms with Gasteiger partial charge in [-0.1, -0.05) is 17.7 Å². The number of amides is 1. The summed E-state index contributed by atoms with van der Waals surface area (Å²) >= 11 is 7.80. The highest BCUT2D eigenvalue weighted by Crippen LogP contribution is 2.27. The van der Waals surface area contributed by atoms with Crippen LogP contribution in [0.5, 0.6) is 0 Å². The molecular weight excluding hydrogens is 473 g/mol. The van der Waals surface area contributed by atoms with Crippen molar-refractivity contribution in [2.24, 2.45) is 0 Å². The van der Waals surface area contributed by atoms with E-state index in [1.54, 1.807) is 11.3 Å². The third-order valence-corrected chi connectivity index (χ3v) is 8.07. The van der Waals surface area contributed by atoms with Gasteiger partial charge in [-0.2, -0.15) is 0 Å². The second-order valence-electron chi connectivity index (χ2n) is 7.30. The van der Waals surface area contributed by atoms with Crippen molar-refractivity contribution in [1.29, 1.82) is 0 Å². The molecule has 2 aromatic carbocycles. The van der Waals surface area contributed by atoms with Crippen molar-refractivity contribution in [2.75, 3.05) is 32.0 Å². The molecule has 1 N–H and O–H groups in total. The van der Waals surface area contributed by atoms with E-state index in [0.29, 0.717) is 6.54 Å². The Bertz CT molecular complexity index is 1180.